The molecule has 7 rings (SSSR count). The van der Waals surface area contributed by atoms with Crippen LogP contribution in [-0.2, 0) is 0 Å². The normalized spacial score (nSPS) is 22.5. The van der Waals surface area contributed by atoms with Crippen LogP contribution in [0.1, 0.15) is 37.7 Å². The highest BCUT2D eigenvalue weighted by atomic mass is 19.1. The Bertz CT molecular complexity index is 1740. The van der Waals surface area contributed by atoms with Crippen molar-refractivity contribution in [2.45, 2.75) is 43.8 Å². The van der Waals surface area contributed by atoms with Crippen LogP contribution in [0.4, 0.5) is 19.0 Å². The maximum absolute atomic E-state index is 16.5. The Hall–Kier alpha value is -4.10. The van der Waals surface area contributed by atoms with E-state index in [-0.39, 0.29) is 46.1 Å². The summed E-state index contributed by atoms with van der Waals surface area (Å²) in [5, 5.41) is 11.6. The number of phenolic OH excluding ortho intramolecular Hbond substituents is 1. The third-order valence-corrected chi connectivity index (χ3v) is 8.73. The molecular weight excluding hydrogens is 531 g/mol. The number of alkyl halides is 1. The monoisotopic (exact) mass is 559 g/mol. The highest BCUT2D eigenvalue weighted by molar-refractivity contribution is 6.03. The van der Waals surface area contributed by atoms with E-state index in [1.54, 1.807) is 0 Å². The zero-order chi connectivity index (χ0) is 28.3. The van der Waals surface area contributed by atoms with Crippen molar-refractivity contribution >= 4 is 27.5 Å². The number of halogens is 3. The Morgan fingerprint density at radius 1 is 1.12 bits per heavy atom. The molecule has 0 bridgehead atoms. The summed E-state index contributed by atoms with van der Waals surface area (Å²) in [6.45, 7) is 2.92. The lowest BCUT2D eigenvalue weighted by molar-refractivity contribution is 0.107. The van der Waals surface area contributed by atoms with Crippen LogP contribution in [0.5, 0.6) is 11.8 Å². The van der Waals surface area contributed by atoms with E-state index < -0.39 is 23.3 Å². The van der Waals surface area contributed by atoms with Crippen molar-refractivity contribution in [3.63, 3.8) is 0 Å². The molecule has 0 spiro atoms. The number of pyridine rings is 1. The van der Waals surface area contributed by atoms with Gasteiger partial charge in [0.05, 0.1) is 16.5 Å². The molecule has 4 aromatic rings. The number of hydrogen-bond donors (Lipinski definition) is 1. The number of ether oxygens (including phenoxy) is 1. The summed E-state index contributed by atoms with van der Waals surface area (Å²) >= 11 is 0. The van der Waals surface area contributed by atoms with Gasteiger partial charge in [-0.3, -0.25) is 9.88 Å². The third kappa shape index (κ3) is 4.22. The summed E-state index contributed by atoms with van der Waals surface area (Å²) in [5.41, 5.74) is -0.451. The minimum absolute atomic E-state index is 0.00683. The molecule has 5 heterocycles. The van der Waals surface area contributed by atoms with Crippen molar-refractivity contribution in [3.8, 4) is 35.4 Å². The number of terminal acetylenes is 1. The van der Waals surface area contributed by atoms with Gasteiger partial charge in [-0.1, -0.05) is 12.0 Å². The van der Waals surface area contributed by atoms with E-state index in [1.807, 2.05) is 0 Å². The van der Waals surface area contributed by atoms with Crippen molar-refractivity contribution in [2.75, 3.05) is 37.7 Å². The summed E-state index contributed by atoms with van der Waals surface area (Å²) in [5.74, 6) is 1.33. The van der Waals surface area contributed by atoms with Crippen molar-refractivity contribution in [1.82, 2.24) is 19.9 Å². The number of fused-ring (bicyclic) bond motifs is 3. The molecule has 0 aliphatic carbocycles. The molecule has 0 unspecified atom stereocenters. The summed E-state index contributed by atoms with van der Waals surface area (Å²) in [6, 6.07) is 5.46. The molecule has 2 aromatic carbocycles. The third-order valence-electron chi connectivity index (χ3n) is 8.73. The van der Waals surface area contributed by atoms with Crippen LogP contribution in [-0.4, -0.2) is 69.5 Å². The van der Waals surface area contributed by atoms with Crippen molar-refractivity contribution in [3.05, 3.63) is 47.7 Å². The fraction of sp³-hybridized carbons (Fsp3) is 0.387. The van der Waals surface area contributed by atoms with E-state index >= 15 is 4.39 Å². The number of hydrogen-bond acceptors (Lipinski definition) is 7. The van der Waals surface area contributed by atoms with E-state index in [9.17, 15) is 13.9 Å². The molecule has 0 radical (unpaired) electrons. The van der Waals surface area contributed by atoms with E-state index in [2.05, 4.69) is 30.7 Å². The Labute approximate surface area is 235 Å². The molecule has 1 N–H and O–H groups in total. The molecular formula is C31H28F3N5O2. The van der Waals surface area contributed by atoms with Gasteiger partial charge in [-0.2, -0.15) is 9.97 Å². The Balaban J connectivity index is 1.38. The molecule has 0 amide bonds. The van der Waals surface area contributed by atoms with Crippen LogP contribution >= 0.6 is 0 Å². The standard InChI is InChI=1S/C31H28F3N5O2/c1-2-21-24(33)7-6-18-12-20(40)13-22(25(18)21)27-26(34)28-23(15-35-27)29(38-9-3-4-10-38)37-30(36-28)41-17-31-8-5-11-39(31)16-19(32)14-31/h1,6-7,12-13,15,19,40H,3-5,8-11,14,16-17H2/t19-,31+/m1/s1. The lowest BCUT2D eigenvalue weighted by Gasteiger charge is -2.31. The zero-order valence-electron chi connectivity index (χ0n) is 22.3. The Morgan fingerprint density at radius 3 is 2.76 bits per heavy atom. The molecule has 0 saturated carbocycles. The quantitative estimate of drug-likeness (QED) is 0.330. The molecule has 3 fully saturated rings. The average Bonchev–Trinajstić information content (AvgIpc) is 3.69. The lowest BCUT2D eigenvalue weighted by atomic mass is 9.95. The number of aromatic hydroxyl groups is 1. The fourth-order valence-electron chi connectivity index (χ4n) is 6.84. The number of nitrogens with zero attached hydrogens (tertiary/aromatic N) is 5. The number of rotatable bonds is 5. The van der Waals surface area contributed by atoms with Gasteiger partial charge in [-0.15, -0.1) is 6.42 Å². The van der Waals surface area contributed by atoms with Gasteiger partial charge in [-0.05, 0) is 55.8 Å². The van der Waals surface area contributed by atoms with Gasteiger partial charge in [0.1, 0.15) is 41.4 Å². The van der Waals surface area contributed by atoms with Crippen molar-refractivity contribution in [1.29, 1.82) is 0 Å². The maximum atomic E-state index is 16.5. The zero-order valence-corrected chi connectivity index (χ0v) is 22.3. The molecule has 3 saturated heterocycles. The van der Waals surface area contributed by atoms with Gasteiger partial charge in [-0.25, -0.2) is 13.2 Å². The minimum Gasteiger partial charge on any atom is -0.508 e. The summed E-state index contributed by atoms with van der Waals surface area (Å²) < 4.78 is 51.6. The highest BCUT2D eigenvalue weighted by Gasteiger charge is 2.49. The second-order valence-electron chi connectivity index (χ2n) is 11.2. The summed E-state index contributed by atoms with van der Waals surface area (Å²) in [4.78, 5) is 17.8. The smallest absolute Gasteiger partial charge is 0.319 e. The first kappa shape index (κ1) is 25.8. The SMILES string of the molecule is C#Cc1c(F)ccc2cc(O)cc(-c3ncc4c(N5CCCC5)nc(OC[C@@]56CCCN5C[C@H](F)C6)nc4c3F)c12. The average molecular weight is 560 g/mol. The number of aromatic nitrogens is 3. The summed E-state index contributed by atoms with van der Waals surface area (Å²) in [6.07, 6.45) is 10.4. The van der Waals surface area contributed by atoms with Crippen molar-refractivity contribution < 1.29 is 23.0 Å². The second kappa shape index (κ2) is 9.77. The molecule has 3 aliphatic rings. The number of anilines is 1. The van der Waals surface area contributed by atoms with Gasteiger partial charge in [0.15, 0.2) is 5.82 Å². The van der Waals surface area contributed by atoms with Crippen molar-refractivity contribution in [2.24, 2.45) is 0 Å². The number of phenols is 1. The largest absolute Gasteiger partial charge is 0.508 e. The van der Waals surface area contributed by atoms with E-state index in [0.29, 0.717) is 29.6 Å². The van der Waals surface area contributed by atoms with Crippen LogP contribution < -0.4 is 9.64 Å². The van der Waals surface area contributed by atoms with Crippen LogP contribution in [0.3, 0.4) is 0 Å². The molecule has 7 nitrogen and oxygen atoms in total. The fourth-order valence-corrected chi connectivity index (χ4v) is 6.84. The highest BCUT2D eigenvalue weighted by Crippen LogP contribution is 2.42. The van der Waals surface area contributed by atoms with E-state index in [1.165, 1.54) is 30.5 Å². The van der Waals surface area contributed by atoms with Gasteiger partial charge in [0.2, 0.25) is 0 Å². The van der Waals surface area contributed by atoms with Gasteiger partial charge in [0, 0.05) is 43.2 Å². The maximum Gasteiger partial charge on any atom is 0.319 e. The van der Waals surface area contributed by atoms with Gasteiger partial charge in [0.25, 0.3) is 0 Å². The van der Waals surface area contributed by atoms with E-state index in [0.717, 1.165) is 45.3 Å². The lowest BCUT2D eigenvalue weighted by Crippen LogP contribution is -2.43. The Morgan fingerprint density at radius 2 is 1.95 bits per heavy atom. The predicted molar refractivity (Wildman–Crippen MR) is 150 cm³/mol. The molecule has 41 heavy (non-hydrogen) atoms. The second-order valence-corrected chi connectivity index (χ2v) is 11.2. The van der Waals surface area contributed by atoms with Crippen LogP contribution in [0.2, 0.25) is 0 Å². The number of benzene rings is 2. The summed E-state index contributed by atoms with van der Waals surface area (Å²) in [7, 11) is 0. The van der Waals surface area contributed by atoms with Crippen LogP contribution in [0.15, 0.2) is 30.5 Å². The van der Waals surface area contributed by atoms with Gasteiger partial charge < -0.3 is 14.7 Å². The Kier molecular flexibility index (Phi) is 6.16. The topological polar surface area (TPSA) is 74.6 Å². The first-order valence-corrected chi connectivity index (χ1v) is 13.9. The minimum atomic E-state index is -0.905. The van der Waals surface area contributed by atoms with Crippen LogP contribution in [0, 0.1) is 24.0 Å². The molecule has 3 aliphatic heterocycles. The predicted octanol–water partition coefficient (Wildman–Crippen LogP) is 5.37. The molecule has 2 aromatic heterocycles. The van der Waals surface area contributed by atoms with E-state index in [4.69, 9.17) is 11.2 Å². The van der Waals surface area contributed by atoms with Crippen LogP contribution in [0.25, 0.3) is 32.9 Å². The first-order chi connectivity index (χ1) is 19.9. The first-order valence-electron chi connectivity index (χ1n) is 13.9. The molecule has 10 heteroatoms. The molecule has 2 atom stereocenters. The molecule has 210 valence electrons. The van der Waals surface area contributed by atoms with Gasteiger partial charge >= 0.3 is 6.01 Å².